The summed E-state index contributed by atoms with van der Waals surface area (Å²) in [6.45, 7) is 5.71. The Morgan fingerprint density at radius 2 is 1.67 bits per heavy atom. The van der Waals surface area contributed by atoms with Gasteiger partial charge in [-0.25, -0.2) is 0 Å². The van der Waals surface area contributed by atoms with Crippen molar-refractivity contribution in [3.63, 3.8) is 0 Å². The Morgan fingerprint density at radius 1 is 1.13 bits per heavy atom. The molecule has 1 aromatic heterocycles. The van der Waals surface area contributed by atoms with E-state index in [1.165, 1.54) is 0 Å². The number of pyridine rings is 1. The van der Waals surface area contributed by atoms with E-state index in [9.17, 15) is 0 Å². The highest BCUT2D eigenvalue weighted by atomic mass is 16.5. The maximum absolute atomic E-state index is 5.69. The minimum absolute atomic E-state index is 0.742. The van der Waals surface area contributed by atoms with E-state index in [1.807, 2.05) is 26.0 Å². The lowest BCUT2D eigenvalue weighted by atomic mass is 10.3. The van der Waals surface area contributed by atoms with Crippen LogP contribution in [0.25, 0.3) is 0 Å². The summed E-state index contributed by atoms with van der Waals surface area (Å²) >= 11 is 0. The minimum atomic E-state index is 0.742. The van der Waals surface area contributed by atoms with Gasteiger partial charge in [-0.05, 0) is 13.8 Å². The van der Waals surface area contributed by atoms with Crippen LogP contribution in [0.2, 0.25) is 0 Å². The fourth-order valence-electron chi connectivity index (χ4n) is 1.32. The highest BCUT2D eigenvalue weighted by molar-refractivity contribution is 5.25. The minimum Gasteiger partial charge on any atom is -0.488 e. The van der Waals surface area contributed by atoms with Crippen LogP contribution in [-0.4, -0.2) is 43.8 Å². The van der Waals surface area contributed by atoms with Crippen LogP contribution in [0.5, 0.6) is 5.75 Å². The monoisotopic (exact) mass is 209 g/mol. The van der Waals surface area contributed by atoms with Gasteiger partial charge in [-0.1, -0.05) is 0 Å². The second-order valence-electron chi connectivity index (χ2n) is 4.95. The Bertz CT molecular complexity index is 309. The number of rotatable bonds is 4. The van der Waals surface area contributed by atoms with Gasteiger partial charge in [0.1, 0.15) is 18.9 Å². The summed E-state index contributed by atoms with van der Waals surface area (Å²) in [4.78, 5) is 4.31. The lowest BCUT2D eigenvalue weighted by Crippen LogP contribution is -2.38. The van der Waals surface area contributed by atoms with Gasteiger partial charge in [0.25, 0.3) is 0 Å². The average molecular weight is 209 g/mol. The van der Waals surface area contributed by atoms with Crippen LogP contribution in [0.15, 0.2) is 12.1 Å². The van der Waals surface area contributed by atoms with Gasteiger partial charge in [0.15, 0.2) is 0 Å². The molecule has 0 N–H and O–H groups in total. The molecule has 1 rings (SSSR count). The first-order valence-corrected chi connectivity index (χ1v) is 5.25. The highest BCUT2D eigenvalue weighted by Crippen LogP contribution is 2.13. The second kappa shape index (κ2) is 4.62. The zero-order valence-corrected chi connectivity index (χ0v) is 10.4. The molecule has 0 radical (unpaired) electrons. The summed E-state index contributed by atoms with van der Waals surface area (Å²) in [6, 6.07) is 3.95. The molecule has 0 amide bonds. The number of nitrogens with zero attached hydrogens (tertiary/aromatic N) is 2. The Balaban J connectivity index is 2.51. The van der Waals surface area contributed by atoms with Gasteiger partial charge in [-0.15, -0.1) is 0 Å². The number of quaternary nitrogens is 1. The lowest BCUT2D eigenvalue weighted by molar-refractivity contribution is -0.870. The van der Waals surface area contributed by atoms with Crippen LogP contribution in [0.4, 0.5) is 0 Å². The summed E-state index contributed by atoms with van der Waals surface area (Å²) < 4.78 is 6.61. The Morgan fingerprint density at radius 3 is 2.13 bits per heavy atom. The van der Waals surface area contributed by atoms with E-state index in [0.29, 0.717) is 0 Å². The van der Waals surface area contributed by atoms with Gasteiger partial charge < -0.3 is 9.22 Å². The number of ether oxygens (including phenoxy) is 1. The van der Waals surface area contributed by atoms with Crippen molar-refractivity contribution in [1.82, 2.24) is 4.98 Å². The molecule has 84 valence electrons. The molecular weight excluding hydrogens is 188 g/mol. The summed E-state index contributed by atoms with van der Waals surface area (Å²) in [7, 11) is 6.48. The van der Waals surface area contributed by atoms with Crippen molar-refractivity contribution < 1.29 is 9.22 Å². The Labute approximate surface area is 92.3 Å². The first kappa shape index (κ1) is 12.0. The molecule has 0 fully saturated rings. The largest absolute Gasteiger partial charge is 0.488 e. The third-order valence-corrected chi connectivity index (χ3v) is 2.09. The van der Waals surface area contributed by atoms with Crippen LogP contribution in [0, 0.1) is 13.8 Å². The third-order valence-electron chi connectivity index (χ3n) is 2.09. The third kappa shape index (κ3) is 4.79. The van der Waals surface area contributed by atoms with Gasteiger partial charge in [0.05, 0.1) is 21.1 Å². The predicted molar refractivity (Wildman–Crippen MR) is 62.1 cm³/mol. The quantitative estimate of drug-likeness (QED) is 0.705. The summed E-state index contributed by atoms with van der Waals surface area (Å²) in [6.07, 6.45) is 0. The molecule has 0 bridgehead atoms. The van der Waals surface area contributed by atoms with Crippen molar-refractivity contribution in [1.29, 1.82) is 0 Å². The molecule has 0 aliphatic rings. The van der Waals surface area contributed by atoms with Crippen LogP contribution in [-0.2, 0) is 0 Å². The normalized spacial score (nSPS) is 11.5. The number of likely N-dealkylation sites (N-methyl/N-ethyl adjacent to an activating group) is 1. The molecule has 0 aliphatic carbocycles. The maximum Gasteiger partial charge on any atom is 0.137 e. The van der Waals surface area contributed by atoms with Crippen molar-refractivity contribution >= 4 is 0 Å². The number of aryl methyl sites for hydroxylation is 2. The number of hydrogen-bond donors (Lipinski definition) is 0. The summed E-state index contributed by atoms with van der Waals surface area (Å²) in [5.41, 5.74) is 2.02. The highest BCUT2D eigenvalue weighted by Gasteiger charge is 2.06. The van der Waals surface area contributed by atoms with Crippen molar-refractivity contribution in [3.05, 3.63) is 23.5 Å². The molecule has 1 heterocycles. The second-order valence-corrected chi connectivity index (χ2v) is 4.95. The fraction of sp³-hybridized carbons (Fsp3) is 0.583. The molecule has 0 unspecified atom stereocenters. The first-order valence-electron chi connectivity index (χ1n) is 5.25. The number of hydrogen-bond acceptors (Lipinski definition) is 2. The van der Waals surface area contributed by atoms with E-state index in [4.69, 9.17) is 4.74 Å². The zero-order chi connectivity index (χ0) is 11.5. The van der Waals surface area contributed by atoms with Crippen molar-refractivity contribution in [2.24, 2.45) is 0 Å². The van der Waals surface area contributed by atoms with Crippen LogP contribution in [0.1, 0.15) is 11.4 Å². The smallest absolute Gasteiger partial charge is 0.137 e. The van der Waals surface area contributed by atoms with E-state index < -0.39 is 0 Å². The molecule has 1 aromatic rings. The molecule has 0 aliphatic heterocycles. The Kier molecular flexibility index (Phi) is 3.69. The van der Waals surface area contributed by atoms with Crippen LogP contribution < -0.4 is 4.74 Å². The first-order chi connectivity index (χ1) is 6.87. The van der Waals surface area contributed by atoms with Crippen molar-refractivity contribution in [2.75, 3.05) is 34.3 Å². The zero-order valence-electron chi connectivity index (χ0n) is 10.4. The molecule has 3 nitrogen and oxygen atoms in total. The van der Waals surface area contributed by atoms with Gasteiger partial charge in [0, 0.05) is 23.5 Å². The van der Waals surface area contributed by atoms with E-state index in [-0.39, 0.29) is 0 Å². The maximum atomic E-state index is 5.69. The SMILES string of the molecule is Cc1cc(OCC[N+](C)(C)C)cc(C)n1. The van der Waals surface area contributed by atoms with Gasteiger partial charge in [-0.3, -0.25) is 4.98 Å². The van der Waals surface area contributed by atoms with Gasteiger partial charge in [-0.2, -0.15) is 0 Å². The van der Waals surface area contributed by atoms with Gasteiger partial charge in [0.2, 0.25) is 0 Å². The van der Waals surface area contributed by atoms with E-state index in [0.717, 1.165) is 34.8 Å². The van der Waals surface area contributed by atoms with Crippen LogP contribution in [0.3, 0.4) is 0 Å². The molecule has 0 spiro atoms. The standard InChI is InChI=1S/C12H21N2O/c1-10-8-12(9-11(2)13-10)15-7-6-14(3,4)5/h8-9H,6-7H2,1-5H3/q+1. The molecular formula is C12H21N2O+. The average Bonchev–Trinajstić information content (AvgIpc) is 1.99. The topological polar surface area (TPSA) is 22.1 Å². The molecule has 15 heavy (non-hydrogen) atoms. The van der Waals surface area contributed by atoms with E-state index in [1.54, 1.807) is 0 Å². The molecule has 0 saturated carbocycles. The van der Waals surface area contributed by atoms with E-state index >= 15 is 0 Å². The molecule has 0 aromatic carbocycles. The lowest BCUT2D eigenvalue weighted by Gasteiger charge is -2.23. The van der Waals surface area contributed by atoms with Crippen LogP contribution >= 0.6 is 0 Å². The Hall–Kier alpha value is -1.09. The predicted octanol–water partition coefficient (Wildman–Crippen LogP) is 1.78. The molecule has 0 saturated heterocycles. The van der Waals surface area contributed by atoms with Crippen molar-refractivity contribution in [3.8, 4) is 5.75 Å². The number of aromatic nitrogens is 1. The van der Waals surface area contributed by atoms with Crippen molar-refractivity contribution in [2.45, 2.75) is 13.8 Å². The molecule has 3 heteroatoms. The van der Waals surface area contributed by atoms with Gasteiger partial charge >= 0.3 is 0 Å². The fourth-order valence-corrected chi connectivity index (χ4v) is 1.32. The van der Waals surface area contributed by atoms with E-state index in [2.05, 4.69) is 26.1 Å². The molecule has 0 atom stereocenters. The summed E-state index contributed by atoms with van der Waals surface area (Å²) in [5.74, 6) is 0.924. The summed E-state index contributed by atoms with van der Waals surface area (Å²) in [5, 5.41) is 0.